The molecule has 3 heteroatoms. The summed E-state index contributed by atoms with van der Waals surface area (Å²) in [6.45, 7) is 4.37. The van der Waals surface area contributed by atoms with E-state index in [1.807, 2.05) is 0 Å². The van der Waals surface area contributed by atoms with Crippen LogP contribution in [0.1, 0.15) is 41.5 Å². The lowest BCUT2D eigenvalue weighted by molar-refractivity contribution is 1.02. The molecule has 18 heavy (non-hydrogen) atoms. The topological polar surface area (TPSA) is 0 Å². The Labute approximate surface area is 132 Å². The van der Waals surface area contributed by atoms with Crippen LogP contribution in [-0.2, 0) is 12.8 Å². The van der Waals surface area contributed by atoms with Crippen molar-refractivity contribution in [1.82, 2.24) is 0 Å². The fraction of sp³-hybridized carbons (Fsp3) is 0.333. The van der Waals surface area contributed by atoms with E-state index in [1.54, 1.807) is 11.3 Å². The zero-order valence-corrected chi connectivity index (χ0v) is 14.3. The minimum Gasteiger partial charge on any atom is -0.137 e. The predicted molar refractivity (Wildman–Crippen MR) is 89.9 cm³/mol. The quantitative estimate of drug-likeness (QED) is 0.457. The van der Waals surface area contributed by atoms with Crippen molar-refractivity contribution in [1.29, 1.82) is 0 Å². The van der Waals surface area contributed by atoms with Crippen molar-refractivity contribution < 1.29 is 0 Å². The standard InChI is InChI=1S/C15H16ClIS/c1-3-10-5-6-11(4-2)13(7-10)15(16)12-8-14(17)18-9-12/h5-9,15H,3-4H2,1-2H3. The highest BCUT2D eigenvalue weighted by atomic mass is 127. The molecule has 2 rings (SSSR count). The summed E-state index contributed by atoms with van der Waals surface area (Å²) < 4.78 is 1.29. The van der Waals surface area contributed by atoms with Crippen molar-refractivity contribution in [2.24, 2.45) is 0 Å². The van der Waals surface area contributed by atoms with Gasteiger partial charge in [0.05, 0.1) is 8.26 Å². The van der Waals surface area contributed by atoms with Gasteiger partial charge in [-0.05, 0) is 69.1 Å². The molecule has 0 fully saturated rings. The summed E-state index contributed by atoms with van der Waals surface area (Å²) in [5, 5.41) is 2.14. The Hall–Kier alpha value is -0.0600. The van der Waals surface area contributed by atoms with Crippen LogP contribution in [0.4, 0.5) is 0 Å². The number of aryl methyl sites for hydroxylation is 2. The maximum Gasteiger partial charge on any atom is 0.0846 e. The second-order valence-electron chi connectivity index (χ2n) is 4.29. The Morgan fingerprint density at radius 3 is 2.56 bits per heavy atom. The largest absolute Gasteiger partial charge is 0.137 e. The van der Waals surface area contributed by atoms with Gasteiger partial charge in [-0.1, -0.05) is 32.0 Å². The number of thiophene rings is 1. The maximum absolute atomic E-state index is 6.66. The molecule has 0 saturated heterocycles. The van der Waals surface area contributed by atoms with E-state index < -0.39 is 0 Å². The lowest BCUT2D eigenvalue weighted by Crippen LogP contribution is -1.99. The van der Waals surface area contributed by atoms with Gasteiger partial charge in [-0.2, -0.15) is 0 Å². The van der Waals surface area contributed by atoms with Crippen LogP contribution in [0.3, 0.4) is 0 Å². The smallest absolute Gasteiger partial charge is 0.0846 e. The number of rotatable bonds is 4. The van der Waals surface area contributed by atoms with E-state index in [1.165, 1.54) is 25.1 Å². The highest BCUT2D eigenvalue weighted by Crippen LogP contribution is 2.35. The molecule has 0 radical (unpaired) electrons. The summed E-state index contributed by atoms with van der Waals surface area (Å²) in [4.78, 5) is 0. The number of hydrogen-bond acceptors (Lipinski definition) is 1. The van der Waals surface area contributed by atoms with Gasteiger partial charge in [-0.3, -0.25) is 0 Å². The Morgan fingerprint density at radius 2 is 2.00 bits per heavy atom. The van der Waals surface area contributed by atoms with Crippen LogP contribution in [-0.4, -0.2) is 0 Å². The van der Waals surface area contributed by atoms with Crippen molar-refractivity contribution in [2.75, 3.05) is 0 Å². The summed E-state index contributed by atoms with van der Waals surface area (Å²) >= 11 is 10.8. The Balaban J connectivity index is 2.41. The molecule has 0 aliphatic rings. The molecule has 1 aromatic carbocycles. The first-order chi connectivity index (χ1) is 8.65. The summed E-state index contributed by atoms with van der Waals surface area (Å²) in [5.74, 6) is 0. The SMILES string of the molecule is CCc1ccc(CC)c(C(Cl)c2csc(I)c2)c1. The second-order valence-corrected chi connectivity index (χ2v) is 7.53. The first-order valence-electron chi connectivity index (χ1n) is 6.15. The average Bonchev–Trinajstić information content (AvgIpc) is 2.83. The lowest BCUT2D eigenvalue weighted by Gasteiger charge is -2.14. The molecule has 0 saturated carbocycles. The number of halogens is 2. The lowest BCUT2D eigenvalue weighted by atomic mass is 9.96. The molecular formula is C15H16ClIS. The monoisotopic (exact) mass is 390 g/mol. The van der Waals surface area contributed by atoms with Gasteiger partial charge in [-0.15, -0.1) is 22.9 Å². The van der Waals surface area contributed by atoms with Gasteiger partial charge in [0.15, 0.2) is 0 Å². The second kappa shape index (κ2) is 6.40. The van der Waals surface area contributed by atoms with Crippen LogP contribution >= 0.6 is 45.5 Å². The molecule has 0 aliphatic heterocycles. The van der Waals surface area contributed by atoms with Gasteiger partial charge in [0, 0.05) is 0 Å². The first kappa shape index (κ1) is 14.4. The Bertz CT molecular complexity index is 533. The van der Waals surface area contributed by atoms with Crippen LogP contribution < -0.4 is 0 Å². The van der Waals surface area contributed by atoms with Crippen molar-refractivity contribution >= 4 is 45.5 Å². The molecule has 96 valence electrons. The molecular weight excluding hydrogens is 375 g/mol. The van der Waals surface area contributed by atoms with Crippen molar-refractivity contribution in [2.45, 2.75) is 32.1 Å². The van der Waals surface area contributed by atoms with Gasteiger partial charge in [0.25, 0.3) is 0 Å². The van der Waals surface area contributed by atoms with Gasteiger partial charge in [0.1, 0.15) is 0 Å². The molecule has 0 nitrogen and oxygen atoms in total. The third-order valence-corrected chi connectivity index (χ3v) is 5.45. The highest BCUT2D eigenvalue weighted by Gasteiger charge is 2.16. The zero-order valence-electron chi connectivity index (χ0n) is 10.5. The summed E-state index contributed by atoms with van der Waals surface area (Å²) in [6, 6.07) is 8.88. The first-order valence-corrected chi connectivity index (χ1v) is 8.54. The summed E-state index contributed by atoms with van der Waals surface area (Å²) in [6.07, 6.45) is 2.09. The number of alkyl halides is 1. The van der Waals surface area contributed by atoms with E-state index in [4.69, 9.17) is 11.6 Å². The Kier molecular flexibility index (Phi) is 5.10. The molecule has 1 aromatic heterocycles. The highest BCUT2D eigenvalue weighted by molar-refractivity contribution is 14.1. The molecule has 2 aromatic rings. The van der Waals surface area contributed by atoms with Crippen LogP contribution in [0.25, 0.3) is 0 Å². The van der Waals surface area contributed by atoms with E-state index in [-0.39, 0.29) is 5.38 Å². The van der Waals surface area contributed by atoms with Crippen molar-refractivity contribution in [3.8, 4) is 0 Å². The third-order valence-electron chi connectivity index (χ3n) is 3.15. The molecule has 0 spiro atoms. The Morgan fingerprint density at radius 1 is 1.22 bits per heavy atom. The van der Waals surface area contributed by atoms with E-state index >= 15 is 0 Å². The summed E-state index contributed by atoms with van der Waals surface area (Å²) in [7, 11) is 0. The average molecular weight is 391 g/mol. The van der Waals surface area contributed by atoms with Crippen LogP contribution in [0.5, 0.6) is 0 Å². The van der Waals surface area contributed by atoms with Gasteiger partial charge >= 0.3 is 0 Å². The van der Waals surface area contributed by atoms with E-state index in [0.717, 1.165) is 12.8 Å². The van der Waals surface area contributed by atoms with Crippen molar-refractivity contribution in [3.63, 3.8) is 0 Å². The molecule has 1 atom stereocenters. The minimum absolute atomic E-state index is 0.0220. The fourth-order valence-corrected chi connectivity index (χ4v) is 3.86. The third kappa shape index (κ3) is 3.09. The molecule has 0 amide bonds. The molecule has 1 heterocycles. The van der Waals surface area contributed by atoms with E-state index in [0.29, 0.717) is 0 Å². The van der Waals surface area contributed by atoms with Gasteiger partial charge in [0.2, 0.25) is 0 Å². The minimum atomic E-state index is -0.0220. The van der Waals surface area contributed by atoms with Gasteiger partial charge < -0.3 is 0 Å². The maximum atomic E-state index is 6.66. The number of benzene rings is 1. The van der Waals surface area contributed by atoms with E-state index in [2.05, 4.69) is 66.1 Å². The normalized spacial score (nSPS) is 12.7. The molecule has 0 bridgehead atoms. The fourth-order valence-electron chi connectivity index (χ4n) is 2.06. The predicted octanol–water partition coefficient (Wildman–Crippen LogP) is 5.81. The zero-order chi connectivity index (χ0) is 13.1. The van der Waals surface area contributed by atoms with Crippen LogP contribution in [0.15, 0.2) is 29.6 Å². The van der Waals surface area contributed by atoms with Gasteiger partial charge in [-0.25, -0.2) is 0 Å². The molecule has 1 unspecified atom stereocenters. The van der Waals surface area contributed by atoms with Crippen molar-refractivity contribution in [3.05, 3.63) is 54.8 Å². The van der Waals surface area contributed by atoms with E-state index in [9.17, 15) is 0 Å². The van der Waals surface area contributed by atoms with Crippen LogP contribution in [0, 0.1) is 2.88 Å². The summed E-state index contributed by atoms with van der Waals surface area (Å²) in [5.41, 5.74) is 5.20. The number of hydrogen-bond donors (Lipinski definition) is 0. The molecule has 0 N–H and O–H groups in total. The molecule has 0 aliphatic carbocycles. The van der Waals surface area contributed by atoms with Crippen LogP contribution in [0.2, 0.25) is 0 Å².